The van der Waals surface area contributed by atoms with Crippen LogP contribution in [0.2, 0.25) is 0 Å². The van der Waals surface area contributed by atoms with Crippen molar-refractivity contribution in [1.29, 1.82) is 0 Å². The molecule has 0 amide bonds. The molecule has 2 rings (SSSR count). The van der Waals surface area contributed by atoms with Crippen LogP contribution in [0.1, 0.15) is 11.3 Å². The van der Waals surface area contributed by atoms with Crippen LogP contribution < -0.4 is 0 Å². The average molecular weight is 189 g/mol. The second-order valence-corrected chi connectivity index (χ2v) is 3.69. The fourth-order valence-corrected chi connectivity index (χ4v) is 1.78. The predicted octanol–water partition coefficient (Wildman–Crippen LogP) is 2.63. The van der Waals surface area contributed by atoms with Crippen molar-refractivity contribution in [2.45, 2.75) is 13.5 Å². The highest BCUT2D eigenvalue weighted by Gasteiger charge is 2.04. The molecule has 0 saturated carbocycles. The van der Waals surface area contributed by atoms with E-state index < -0.39 is 0 Å². The molecule has 0 atom stereocenters. The monoisotopic (exact) mass is 189 g/mol. The third-order valence-corrected chi connectivity index (χ3v) is 2.59. The molecule has 0 fully saturated rings. The molecule has 0 N–H and O–H groups in total. The third-order valence-electron chi connectivity index (χ3n) is 2.59. The first-order valence-electron chi connectivity index (χ1n) is 4.76. The highest BCUT2D eigenvalue weighted by atomic mass is 16.5. The van der Waals surface area contributed by atoms with E-state index in [1.807, 2.05) is 0 Å². The summed E-state index contributed by atoms with van der Waals surface area (Å²) in [5, 5.41) is 1.28. The van der Waals surface area contributed by atoms with E-state index in [9.17, 15) is 0 Å². The number of rotatable bonds is 2. The number of benzene rings is 1. The number of aryl methyl sites for hydroxylation is 2. The first kappa shape index (κ1) is 9.28. The zero-order chi connectivity index (χ0) is 10.1. The molecule has 0 radical (unpaired) electrons. The van der Waals surface area contributed by atoms with E-state index in [-0.39, 0.29) is 0 Å². The van der Waals surface area contributed by atoms with E-state index >= 15 is 0 Å². The van der Waals surface area contributed by atoms with Crippen LogP contribution in [0.25, 0.3) is 10.9 Å². The second-order valence-electron chi connectivity index (χ2n) is 3.69. The van der Waals surface area contributed by atoms with Crippen LogP contribution in [0.5, 0.6) is 0 Å². The molecule has 0 bridgehead atoms. The van der Waals surface area contributed by atoms with Gasteiger partial charge in [0, 0.05) is 25.4 Å². The van der Waals surface area contributed by atoms with Gasteiger partial charge in [-0.25, -0.2) is 0 Å². The lowest BCUT2D eigenvalue weighted by atomic mass is 10.2. The molecule has 1 aromatic heterocycles. The van der Waals surface area contributed by atoms with E-state index in [1.165, 1.54) is 22.2 Å². The molecule has 2 aromatic rings. The van der Waals surface area contributed by atoms with Gasteiger partial charge in [0.25, 0.3) is 0 Å². The minimum atomic E-state index is 0.671. The van der Waals surface area contributed by atoms with Gasteiger partial charge in [-0.2, -0.15) is 0 Å². The predicted molar refractivity (Wildman–Crippen MR) is 58.4 cm³/mol. The van der Waals surface area contributed by atoms with E-state index in [0.29, 0.717) is 6.61 Å². The Kier molecular flexibility index (Phi) is 2.30. The Morgan fingerprint density at radius 1 is 1.29 bits per heavy atom. The molecule has 0 aliphatic heterocycles. The Labute approximate surface area is 84.1 Å². The van der Waals surface area contributed by atoms with Crippen molar-refractivity contribution in [1.82, 2.24) is 4.57 Å². The molecule has 14 heavy (non-hydrogen) atoms. The summed E-state index contributed by atoms with van der Waals surface area (Å²) in [7, 11) is 3.80. The van der Waals surface area contributed by atoms with Crippen molar-refractivity contribution in [3.63, 3.8) is 0 Å². The SMILES string of the molecule is COCc1cc2ccc(C)cc2n1C. The van der Waals surface area contributed by atoms with Crippen molar-refractivity contribution >= 4 is 10.9 Å². The largest absolute Gasteiger partial charge is 0.378 e. The molecule has 1 heterocycles. The van der Waals surface area contributed by atoms with Gasteiger partial charge in [-0.15, -0.1) is 0 Å². The molecular formula is C12H15NO. The summed E-state index contributed by atoms with van der Waals surface area (Å²) in [5.74, 6) is 0. The van der Waals surface area contributed by atoms with Crippen molar-refractivity contribution in [3.05, 3.63) is 35.5 Å². The van der Waals surface area contributed by atoms with Crippen molar-refractivity contribution in [2.75, 3.05) is 7.11 Å². The Balaban J connectivity index is 2.62. The number of methoxy groups -OCH3 is 1. The second kappa shape index (κ2) is 3.46. The van der Waals surface area contributed by atoms with E-state index in [0.717, 1.165) is 0 Å². The standard InChI is InChI=1S/C12H15NO/c1-9-4-5-10-7-11(8-14-3)13(2)12(10)6-9/h4-7H,8H2,1-3H3. The first-order valence-corrected chi connectivity index (χ1v) is 4.76. The maximum Gasteiger partial charge on any atom is 0.0864 e. The Morgan fingerprint density at radius 2 is 2.07 bits per heavy atom. The Morgan fingerprint density at radius 3 is 2.79 bits per heavy atom. The fraction of sp³-hybridized carbons (Fsp3) is 0.333. The lowest BCUT2D eigenvalue weighted by Crippen LogP contribution is -1.96. The van der Waals surface area contributed by atoms with Crippen LogP contribution in [0.3, 0.4) is 0 Å². The van der Waals surface area contributed by atoms with Gasteiger partial charge in [0.05, 0.1) is 6.61 Å². The average Bonchev–Trinajstić information content (AvgIpc) is 2.46. The van der Waals surface area contributed by atoms with Crippen LogP contribution in [0.15, 0.2) is 24.3 Å². The van der Waals surface area contributed by atoms with Gasteiger partial charge in [0.15, 0.2) is 0 Å². The summed E-state index contributed by atoms with van der Waals surface area (Å²) >= 11 is 0. The molecule has 0 spiro atoms. The molecule has 74 valence electrons. The lowest BCUT2D eigenvalue weighted by molar-refractivity contribution is 0.179. The molecule has 2 heteroatoms. The lowest BCUT2D eigenvalue weighted by Gasteiger charge is -2.02. The fourth-order valence-electron chi connectivity index (χ4n) is 1.78. The molecule has 1 aromatic carbocycles. The maximum absolute atomic E-state index is 5.15. The highest BCUT2D eigenvalue weighted by molar-refractivity contribution is 5.81. The molecule has 0 aliphatic carbocycles. The zero-order valence-corrected chi connectivity index (χ0v) is 8.87. The molecule has 0 unspecified atom stereocenters. The van der Waals surface area contributed by atoms with Crippen molar-refractivity contribution < 1.29 is 4.74 Å². The topological polar surface area (TPSA) is 14.2 Å². The van der Waals surface area contributed by atoms with Crippen LogP contribution in [0, 0.1) is 6.92 Å². The van der Waals surface area contributed by atoms with E-state index in [1.54, 1.807) is 7.11 Å². The quantitative estimate of drug-likeness (QED) is 0.708. The van der Waals surface area contributed by atoms with Crippen molar-refractivity contribution in [3.8, 4) is 0 Å². The number of ether oxygens (including phenoxy) is 1. The van der Waals surface area contributed by atoms with Gasteiger partial charge in [-0.1, -0.05) is 12.1 Å². The highest BCUT2D eigenvalue weighted by Crippen LogP contribution is 2.20. The number of fused-ring (bicyclic) bond motifs is 1. The van der Waals surface area contributed by atoms with Crippen LogP contribution in [-0.4, -0.2) is 11.7 Å². The van der Waals surface area contributed by atoms with Crippen LogP contribution in [-0.2, 0) is 18.4 Å². The number of aromatic nitrogens is 1. The van der Waals surface area contributed by atoms with Gasteiger partial charge in [-0.3, -0.25) is 0 Å². The van der Waals surface area contributed by atoms with E-state index in [2.05, 4.69) is 42.8 Å². The van der Waals surface area contributed by atoms with Gasteiger partial charge < -0.3 is 9.30 Å². The van der Waals surface area contributed by atoms with Gasteiger partial charge in [-0.05, 0) is 30.0 Å². The summed E-state index contributed by atoms with van der Waals surface area (Å²) in [6, 6.07) is 8.68. The maximum atomic E-state index is 5.15. The number of nitrogens with zero attached hydrogens (tertiary/aromatic N) is 1. The Bertz CT molecular complexity index is 457. The number of hydrogen-bond acceptors (Lipinski definition) is 1. The summed E-state index contributed by atoms with van der Waals surface area (Å²) < 4.78 is 7.33. The minimum Gasteiger partial charge on any atom is -0.378 e. The molecular weight excluding hydrogens is 174 g/mol. The van der Waals surface area contributed by atoms with Gasteiger partial charge in [0.2, 0.25) is 0 Å². The normalized spacial score (nSPS) is 11.1. The van der Waals surface area contributed by atoms with E-state index in [4.69, 9.17) is 4.74 Å². The Hall–Kier alpha value is -1.28. The third kappa shape index (κ3) is 1.42. The summed E-state index contributed by atoms with van der Waals surface area (Å²) in [6.45, 7) is 2.78. The van der Waals surface area contributed by atoms with Crippen LogP contribution >= 0.6 is 0 Å². The summed E-state index contributed by atoms with van der Waals surface area (Å²) in [5.41, 5.74) is 3.79. The minimum absolute atomic E-state index is 0.671. The zero-order valence-electron chi connectivity index (χ0n) is 8.87. The first-order chi connectivity index (χ1) is 6.72. The molecule has 0 saturated heterocycles. The summed E-state index contributed by atoms with van der Waals surface area (Å²) in [6.07, 6.45) is 0. The summed E-state index contributed by atoms with van der Waals surface area (Å²) in [4.78, 5) is 0. The molecule has 0 aliphatic rings. The molecule has 2 nitrogen and oxygen atoms in total. The van der Waals surface area contributed by atoms with Crippen LogP contribution in [0.4, 0.5) is 0 Å². The van der Waals surface area contributed by atoms with Crippen molar-refractivity contribution in [2.24, 2.45) is 7.05 Å². The van der Waals surface area contributed by atoms with Gasteiger partial charge >= 0.3 is 0 Å². The smallest absolute Gasteiger partial charge is 0.0864 e. The van der Waals surface area contributed by atoms with Gasteiger partial charge in [0.1, 0.15) is 0 Å². The number of hydrogen-bond donors (Lipinski definition) is 0.